The zero-order chi connectivity index (χ0) is 9.30. The molecule has 2 heteroatoms. The van der Waals surface area contributed by atoms with Crippen molar-refractivity contribution in [3.8, 4) is 5.75 Å². The number of rotatable bonds is 2. The number of hydrogen-bond acceptors (Lipinski definition) is 2. The van der Waals surface area contributed by atoms with Gasteiger partial charge in [0.1, 0.15) is 5.76 Å². The van der Waals surface area contributed by atoms with Crippen molar-refractivity contribution in [3.05, 3.63) is 17.6 Å². The van der Waals surface area contributed by atoms with Gasteiger partial charge >= 0.3 is 0 Å². The fourth-order valence-corrected chi connectivity index (χ4v) is 1.20. The maximum Gasteiger partial charge on any atom is 0.160 e. The third kappa shape index (κ3) is 1.47. The summed E-state index contributed by atoms with van der Waals surface area (Å²) in [7, 11) is 0. The Hall–Kier alpha value is -0.920. The molecule has 0 aliphatic rings. The molecule has 0 fully saturated rings. The minimum Gasteiger partial charge on any atom is -0.504 e. The second-order valence-corrected chi connectivity index (χ2v) is 3.71. The van der Waals surface area contributed by atoms with Crippen LogP contribution in [0.25, 0.3) is 0 Å². The lowest BCUT2D eigenvalue weighted by molar-refractivity contribution is 0.417. The molecule has 0 spiro atoms. The summed E-state index contributed by atoms with van der Waals surface area (Å²) in [5, 5.41) is 9.68. The Labute approximate surface area is 73.2 Å². The molecule has 0 radical (unpaired) electrons. The normalized spacial score (nSPS) is 11.5. The fourth-order valence-electron chi connectivity index (χ4n) is 1.20. The first-order chi connectivity index (χ1) is 5.54. The highest BCUT2D eigenvalue weighted by atomic mass is 16.4. The van der Waals surface area contributed by atoms with E-state index in [1.54, 1.807) is 6.26 Å². The predicted octanol–water partition coefficient (Wildman–Crippen LogP) is 3.23. The molecule has 1 aromatic rings. The summed E-state index contributed by atoms with van der Waals surface area (Å²) >= 11 is 0. The Morgan fingerprint density at radius 1 is 1.17 bits per heavy atom. The van der Waals surface area contributed by atoms with Crippen molar-refractivity contribution < 1.29 is 9.52 Å². The van der Waals surface area contributed by atoms with Crippen molar-refractivity contribution in [2.75, 3.05) is 0 Å². The van der Waals surface area contributed by atoms with E-state index in [4.69, 9.17) is 4.42 Å². The van der Waals surface area contributed by atoms with Gasteiger partial charge in [-0.25, -0.2) is 0 Å². The van der Waals surface area contributed by atoms with Gasteiger partial charge < -0.3 is 9.52 Å². The summed E-state index contributed by atoms with van der Waals surface area (Å²) in [6.45, 7) is 8.08. The Morgan fingerprint density at radius 3 is 2.00 bits per heavy atom. The van der Waals surface area contributed by atoms with Crippen molar-refractivity contribution in [3.63, 3.8) is 0 Å². The molecule has 12 heavy (non-hydrogen) atoms. The van der Waals surface area contributed by atoms with Crippen molar-refractivity contribution >= 4 is 0 Å². The average molecular weight is 168 g/mol. The topological polar surface area (TPSA) is 33.4 Å². The van der Waals surface area contributed by atoms with Crippen LogP contribution in [0.4, 0.5) is 0 Å². The third-order valence-corrected chi connectivity index (χ3v) is 1.97. The van der Waals surface area contributed by atoms with E-state index in [2.05, 4.69) is 0 Å². The molecule has 1 heterocycles. The summed E-state index contributed by atoms with van der Waals surface area (Å²) in [6, 6.07) is 0. The summed E-state index contributed by atoms with van der Waals surface area (Å²) in [5.41, 5.74) is 0.902. The smallest absolute Gasteiger partial charge is 0.160 e. The molecular formula is C10H16O2. The molecule has 1 N–H and O–H groups in total. The number of furan rings is 1. The summed E-state index contributed by atoms with van der Waals surface area (Å²) in [5.74, 6) is 1.59. The molecular weight excluding hydrogens is 152 g/mol. The first kappa shape index (κ1) is 9.17. The van der Waals surface area contributed by atoms with Gasteiger partial charge in [0.15, 0.2) is 5.75 Å². The van der Waals surface area contributed by atoms with E-state index in [9.17, 15) is 5.11 Å². The van der Waals surface area contributed by atoms with E-state index in [1.807, 2.05) is 27.7 Å². The van der Waals surface area contributed by atoms with E-state index in [0.29, 0.717) is 17.4 Å². The Balaban J connectivity index is 3.04. The van der Waals surface area contributed by atoms with Crippen molar-refractivity contribution in [2.45, 2.75) is 39.5 Å². The van der Waals surface area contributed by atoms with Gasteiger partial charge in [-0.2, -0.15) is 0 Å². The quantitative estimate of drug-likeness (QED) is 0.735. The molecule has 2 nitrogen and oxygen atoms in total. The van der Waals surface area contributed by atoms with Gasteiger partial charge in [0.05, 0.1) is 6.26 Å². The standard InChI is InChI=1S/C10H16O2/c1-6(2)8-5-12-10(7(3)4)9(8)11/h5-7,11H,1-4H3. The molecule has 0 saturated heterocycles. The van der Waals surface area contributed by atoms with E-state index >= 15 is 0 Å². The van der Waals surface area contributed by atoms with Crippen LogP contribution in [0, 0.1) is 0 Å². The van der Waals surface area contributed by atoms with Crippen molar-refractivity contribution in [1.29, 1.82) is 0 Å². The lowest BCUT2D eigenvalue weighted by Gasteiger charge is -2.03. The van der Waals surface area contributed by atoms with E-state index in [1.165, 1.54) is 0 Å². The Kier molecular flexibility index (Phi) is 2.46. The molecule has 0 bridgehead atoms. The van der Waals surface area contributed by atoms with Crippen LogP contribution < -0.4 is 0 Å². The SMILES string of the molecule is CC(C)c1coc(C(C)C)c1O. The molecule has 1 rings (SSSR count). The first-order valence-electron chi connectivity index (χ1n) is 4.34. The van der Waals surface area contributed by atoms with Crippen LogP contribution in [0.5, 0.6) is 5.75 Å². The zero-order valence-corrected chi connectivity index (χ0v) is 8.09. The highest BCUT2D eigenvalue weighted by Gasteiger charge is 2.16. The van der Waals surface area contributed by atoms with Crippen LogP contribution in [0.1, 0.15) is 50.9 Å². The monoisotopic (exact) mass is 168 g/mol. The van der Waals surface area contributed by atoms with Crippen molar-refractivity contribution in [1.82, 2.24) is 0 Å². The molecule has 1 aromatic heterocycles. The van der Waals surface area contributed by atoms with Crippen LogP contribution in [0.3, 0.4) is 0 Å². The van der Waals surface area contributed by atoms with Crippen LogP contribution in [-0.2, 0) is 0 Å². The van der Waals surface area contributed by atoms with Crippen LogP contribution >= 0.6 is 0 Å². The minimum atomic E-state index is 0.248. The van der Waals surface area contributed by atoms with Gasteiger partial charge in [-0.05, 0) is 5.92 Å². The Morgan fingerprint density at radius 2 is 1.75 bits per heavy atom. The van der Waals surface area contributed by atoms with Gasteiger partial charge in [0.25, 0.3) is 0 Å². The third-order valence-electron chi connectivity index (χ3n) is 1.97. The molecule has 0 amide bonds. The second-order valence-electron chi connectivity index (χ2n) is 3.71. The van der Waals surface area contributed by atoms with Crippen LogP contribution in [0.2, 0.25) is 0 Å². The van der Waals surface area contributed by atoms with E-state index in [0.717, 1.165) is 5.56 Å². The molecule has 0 aliphatic carbocycles. The number of hydrogen-bond donors (Lipinski definition) is 1. The maximum atomic E-state index is 9.68. The highest BCUT2D eigenvalue weighted by Crippen LogP contribution is 2.34. The summed E-state index contributed by atoms with van der Waals surface area (Å²) < 4.78 is 5.27. The molecule has 0 atom stereocenters. The first-order valence-corrected chi connectivity index (χ1v) is 4.34. The van der Waals surface area contributed by atoms with Crippen LogP contribution in [-0.4, -0.2) is 5.11 Å². The largest absolute Gasteiger partial charge is 0.504 e. The highest BCUT2D eigenvalue weighted by molar-refractivity contribution is 5.37. The average Bonchev–Trinajstić information content (AvgIpc) is 2.30. The number of aromatic hydroxyl groups is 1. The molecule has 0 aromatic carbocycles. The van der Waals surface area contributed by atoms with Gasteiger partial charge in [-0.15, -0.1) is 0 Å². The van der Waals surface area contributed by atoms with E-state index < -0.39 is 0 Å². The van der Waals surface area contributed by atoms with E-state index in [-0.39, 0.29) is 5.92 Å². The molecule has 0 saturated carbocycles. The summed E-state index contributed by atoms with van der Waals surface area (Å²) in [4.78, 5) is 0. The molecule has 68 valence electrons. The lowest BCUT2D eigenvalue weighted by Crippen LogP contribution is -1.86. The van der Waals surface area contributed by atoms with Crippen molar-refractivity contribution in [2.24, 2.45) is 0 Å². The predicted molar refractivity (Wildman–Crippen MR) is 48.6 cm³/mol. The minimum absolute atomic E-state index is 0.248. The van der Waals surface area contributed by atoms with Gasteiger partial charge in [-0.1, -0.05) is 27.7 Å². The van der Waals surface area contributed by atoms with Gasteiger partial charge in [-0.3, -0.25) is 0 Å². The van der Waals surface area contributed by atoms with Gasteiger partial charge in [0, 0.05) is 11.5 Å². The Bertz CT molecular complexity index is 233. The zero-order valence-electron chi connectivity index (χ0n) is 8.09. The molecule has 0 unspecified atom stereocenters. The fraction of sp³-hybridized carbons (Fsp3) is 0.600. The molecule has 0 aliphatic heterocycles. The van der Waals surface area contributed by atoms with Gasteiger partial charge in [0.2, 0.25) is 0 Å². The second kappa shape index (κ2) is 3.21. The summed E-state index contributed by atoms with van der Waals surface area (Å²) in [6.07, 6.45) is 1.65. The maximum absolute atomic E-state index is 9.68. The van der Waals surface area contributed by atoms with Crippen LogP contribution in [0.15, 0.2) is 10.7 Å². The lowest BCUT2D eigenvalue weighted by atomic mass is 10.0.